The van der Waals surface area contributed by atoms with Gasteiger partial charge in [0, 0.05) is 30.4 Å². The topological polar surface area (TPSA) is 129 Å². The van der Waals surface area contributed by atoms with Crippen LogP contribution in [0.3, 0.4) is 0 Å². The number of nitrogens with zero attached hydrogens (tertiary/aromatic N) is 4. The summed E-state index contributed by atoms with van der Waals surface area (Å²) in [6.45, 7) is 5.71. The molecule has 0 spiro atoms. The van der Waals surface area contributed by atoms with Gasteiger partial charge in [0.05, 0.1) is 6.21 Å². The number of nitrogens with two attached hydrogens (primary N) is 1. The van der Waals surface area contributed by atoms with Gasteiger partial charge in [0.1, 0.15) is 5.75 Å². The Kier molecular flexibility index (Phi) is 5.93. The van der Waals surface area contributed by atoms with Crippen molar-refractivity contribution in [3.05, 3.63) is 33.9 Å². The molecule has 0 aliphatic rings. The van der Waals surface area contributed by atoms with Crippen LogP contribution in [0.1, 0.15) is 19.4 Å². The summed E-state index contributed by atoms with van der Waals surface area (Å²) in [5.74, 6) is -0.408. The van der Waals surface area contributed by atoms with E-state index in [0.29, 0.717) is 5.56 Å². The summed E-state index contributed by atoms with van der Waals surface area (Å²) >= 11 is 0. The van der Waals surface area contributed by atoms with E-state index in [4.69, 9.17) is 5.73 Å². The van der Waals surface area contributed by atoms with Crippen LogP contribution in [-0.2, 0) is 0 Å². The van der Waals surface area contributed by atoms with Crippen molar-refractivity contribution in [2.24, 2.45) is 15.9 Å². The van der Waals surface area contributed by atoms with Crippen molar-refractivity contribution >= 4 is 17.9 Å². The first-order valence-corrected chi connectivity index (χ1v) is 6.33. The number of hydrogen-bond donors (Lipinski definition) is 3. The number of guanidine groups is 1. The van der Waals surface area contributed by atoms with Crippen molar-refractivity contribution in [1.82, 2.24) is 5.43 Å². The number of phenolic OH excluding ortho intramolecular Hbond substituents is 1. The summed E-state index contributed by atoms with van der Waals surface area (Å²) in [6.07, 6.45) is 1.26. The Bertz CT molecular complexity index is 554. The molecule has 0 atom stereocenters. The molecule has 0 heterocycles. The zero-order valence-electron chi connectivity index (χ0n) is 11.9. The highest BCUT2D eigenvalue weighted by Crippen LogP contribution is 2.23. The number of aromatic hydroxyl groups is 1. The van der Waals surface area contributed by atoms with Gasteiger partial charge in [0.15, 0.2) is 5.03 Å². The highest BCUT2D eigenvalue weighted by Gasteiger charge is 2.05. The molecule has 0 bridgehead atoms. The number of nitro groups is 1. The summed E-state index contributed by atoms with van der Waals surface area (Å²) in [4.78, 5) is 12.2. The molecular weight excluding hydrogens is 276 g/mol. The molecule has 0 fully saturated rings. The maximum absolute atomic E-state index is 10.1. The van der Waals surface area contributed by atoms with E-state index < -0.39 is 11.0 Å². The third kappa shape index (κ3) is 4.97. The molecule has 0 aliphatic heterocycles. The summed E-state index contributed by atoms with van der Waals surface area (Å²) < 4.78 is 0. The minimum Gasteiger partial charge on any atom is -0.507 e. The van der Waals surface area contributed by atoms with E-state index in [0.717, 1.165) is 18.8 Å². The molecule has 1 aromatic rings. The van der Waals surface area contributed by atoms with Crippen LogP contribution in [0.5, 0.6) is 5.75 Å². The lowest BCUT2D eigenvalue weighted by molar-refractivity contribution is -0.525. The third-order valence-electron chi connectivity index (χ3n) is 2.71. The van der Waals surface area contributed by atoms with Crippen molar-refractivity contribution in [2.45, 2.75) is 13.8 Å². The molecule has 0 aliphatic carbocycles. The van der Waals surface area contributed by atoms with Gasteiger partial charge in [-0.05, 0) is 26.0 Å². The molecule has 0 amide bonds. The Balaban J connectivity index is 2.84. The third-order valence-corrected chi connectivity index (χ3v) is 2.71. The molecule has 1 rings (SSSR count). The fourth-order valence-electron chi connectivity index (χ4n) is 1.70. The van der Waals surface area contributed by atoms with Gasteiger partial charge in [0.25, 0.3) is 5.96 Å². The maximum atomic E-state index is 10.1. The summed E-state index contributed by atoms with van der Waals surface area (Å²) in [7, 11) is 0. The summed E-state index contributed by atoms with van der Waals surface area (Å²) in [5.41, 5.74) is 8.17. The van der Waals surface area contributed by atoms with Crippen LogP contribution >= 0.6 is 0 Å². The van der Waals surface area contributed by atoms with Crippen LogP contribution in [0.2, 0.25) is 0 Å². The molecule has 21 heavy (non-hydrogen) atoms. The van der Waals surface area contributed by atoms with E-state index in [-0.39, 0.29) is 5.75 Å². The fourth-order valence-corrected chi connectivity index (χ4v) is 1.70. The number of nitrogens with one attached hydrogen (secondary N) is 1. The molecule has 9 nitrogen and oxygen atoms in total. The van der Waals surface area contributed by atoms with Crippen LogP contribution in [0, 0.1) is 10.1 Å². The molecule has 9 heteroatoms. The largest absolute Gasteiger partial charge is 0.507 e. The average molecular weight is 294 g/mol. The molecule has 0 radical (unpaired) electrons. The number of hydrogen-bond acceptors (Lipinski definition) is 6. The van der Waals surface area contributed by atoms with Gasteiger partial charge in [-0.3, -0.25) is 0 Å². The van der Waals surface area contributed by atoms with E-state index in [9.17, 15) is 15.2 Å². The Labute approximate surface area is 121 Å². The van der Waals surface area contributed by atoms with Gasteiger partial charge in [-0.25, -0.2) is 10.1 Å². The Morgan fingerprint density at radius 1 is 1.52 bits per heavy atom. The second-order valence-electron chi connectivity index (χ2n) is 4.01. The van der Waals surface area contributed by atoms with E-state index in [1.807, 2.05) is 19.9 Å². The highest BCUT2D eigenvalue weighted by molar-refractivity contribution is 5.85. The molecule has 114 valence electrons. The van der Waals surface area contributed by atoms with Crippen LogP contribution in [0.25, 0.3) is 0 Å². The minimum absolute atomic E-state index is 0.0409. The molecule has 0 aromatic heterocycles. The van der Waals surface area contributed by atoms with Crippen molar-refractivity contribution < 1.29 is 10.1 Å². The smallest absolute Gasteiger partial charge is 0.275 e. The van der Waals surface area contributed by atoms with Gasteiger partial charge in [-0.1, -0.05) is 5.43 Å². The van der Waals surface area contributed by atoms with Crippen molar-refractivity contribution in [3.63, 3.8) is 0 Å². The van der Waals surface area contributed by atoms with Crippen LogP contribution in [0.15, 0.2) is 28.4 Å². The van der Waals surface area contributed by atoms with Crippen LogP contribution < -0.4 is 16.1 Å². The molecule has 4 N–H and O–H groups in total. The first-order valence-electron chi connectivity index (χ1n) is 6.33. The van der Waals surface area contributed by atoms with Gasteiger partial charge in [0.2, 0.25) is 0 Å². The summed E-state index contributed by atoms with van der Waals surface area (Å²) in [5, 5.41) is 26.1. The van der Waals surface area contributed by atoms with Crippen molar-refractivity contribution in [2.75, 3.05) is 18.0 Å². The summed E-state index contributed by atoms with van der Waals surface area (Å²) in [6, 6.07) is 5.15. The second-order valence-corrected chi connectivity index (χ2v) is 4.01. The van der Waals surface area contributed by atoms with Crippen LogP contribution in [-0.4, -0.2) is 35.4 Å². The molecule has 0 unspecified atom stereocenters. The predicted molar refractivity (Wildman–Crippen MR) is 81.0 cm³/mol. The number of hydrazine groups is 1. The molecule has 0 saturated carbocycles. The van der Waals surface area contributed by atoms with Crippen molar-refractivity contribution in [3.8, 4) is 5.75 Å². The van der Waals surface area contributed by atoms with Crippen LogP contribution in [0.4, 0.5) is 5.69 Å². The Morgan fingerprint density at radius 2 is 2.19 bits per heavy atom. The van der Waals surface area contributed by atoms with E-state index in [1.165, 1.54) is 6.21 Å². The van der Waals surface area contributed by atoms with E-state index in [2.05, 4.69) is 15.1 Å². The Morgan fingerprint density at radius 3 is 2.71 bits per heavy atom. The van der Waals surface area contributed by atoms with Gasteiger partial charge in [-0.15, -0.1) is 5.10 Å². The quantitative estimate of drug-likeness (QED) is 0.306. The first kappa shape index (κ1) is 16.2. The van der Waals surface area contributed by atoms with Gasteiger partial charge < -0.3 is 15.7 Å². The maximum Gasteiger partial charge on any atom is 0.275 e. The monoisotopic (exact) mass is 294 g/mol. The number of rotatable bonds is 6. The second kappa shape index (κ2) is 7.68. The lowest BCUT2D eigenvalue weighted by atomic mass is 10.2. The zero-order valence-corrected chi connectivity index (χ0v) is 11.9. The van der Waals surface area contributed by atoms with Crippen molar-refractivity contribution in [1.29, 1.82) is 0 Å². The molecule has 1 aromatic carbocycles. The van der Waals surface area contributed by atoms with E-state index in [1.54, 1.807) is 17.6 Å². The number of anilines is 1. The Hall–Kier alpha value is -2.84. The standard InChI is InChI=1S/C12H18N6O3/c1-3-17(4-2)10-6-5-9(11(19)7-10)8-14-15-12(13)16-18(20)21/h5-8,19H,3-4H2,1-2H3,(H3,13,15,16)/b14-8-. The van der Waals surface area contributed by atoms with Gasteiger partial charge in [-0.2, -0.15) is 5.10 Å². The fraction of sp³-hybridized carbons (Fsp3) is 0.333. The first-order chi connectivity index (χ1) is 9.97. The van der Waals surface area contributed by atoms with E-state index >= 15 is 0 Å². The average Bonchev–Trinajstić information content (AvgIpc) is 2.41. The highest BCUT2D eigenvalue weighted by atomic mass is 16.7. The normalized spacial score (nSPS) is 11.6. The molecule has 0 saturated heterocycles. The predicted octanol–water partition coefficient (Wildman–Crippen LogP) is 0.668. The van der Waals surface area contributed by atoms with Gasteiger partial charge >= 0.3 is 0 Å². The SMILES string of the molecule is CCN(CC)c1ccc(/C=N\N=C(N)N[N+](=O)[O-])c(O)c1. The minimum atomic E-state index is -0.843. The number of benzene rings is 1. The lowest BCUT2D eigenvalue weighted by Crippen LogP contribution is -2.35. The molecular formula is C12H18N6O3. The lowest BCUT2D eigenvalue weighted by Gasteiger charge is -2.21. The number of phenols is 1. The zero-order chi connectivity index (χ0) is 15.8.